The molecule has 0 radical (unpaired) electrons. The van der Waals surface area contributed by atoms with E-state index in [4.69, 9.17) is 5.11 Å². The van der Waals surface area contributed by atoms with Gasteiger partial charge in [0.05, 0.1) is 5.56 Å². The molecular formula is C15H19BrO3S. The average molecular weight is 359 g/mol. The van der Waals surface area contributed by atoms with Gasteiger partial charge in [-0.2, -0.15) is 0 Å². The SMILES string of the molecule is CC1CCCC(S(=O)Cc2ccc(C(=O)O)cc2Br)C1. The Balaban J connectivity index is 2.06. The van der Waals surface area contributed by atoms with Gasteiger partial charge in [-0.3, -0.25) is 4.21 Å². The first kappa shape index (κ1) is 15.7. The van der Waals surface area contributed by atoms with Crippen molar-refractivity contribution in [2.75, 3.05) is 0 Å². The minimum Gasteiger partial charge on any atom is -0.478 e. The van der Waals surface area contributed by atoms with Crippen molar-refractivity contribution >= 4 is 32.7 Å². The first-order chi connectivity index (χ1) is 9.47. The quantitative estimate of drug-likeness (QED) is 0.885. The van der Waals surface area contributed by atoms with Crippen LogP contribution in [-0.2, 0) is 16.6 Å². The fourth-order valence-corrected chi connectivity index (χ4v) is 5.16. The zero-order valence-electron chi connectivity index (χ0n) is 11.5. The Morgan fingerprint density at radius 3 is 2.80 bits per heavy atom. The van der Waals surface area contributed by atoms with E-state index in [1.54, 1.807) is 18.2 Å². The molecule has 3 unspecified atom stereocenters. The molecule has 1 fully saturated rings. The van der Waals surface area contributed by atoms with Crippen LogP contribution in [0.4, 0.5) is 0 Å². The predicted octanol–water partition coefficient (Wildman–Crippen LogP) is 3.97. The monoisotopic (exact) mass is 358 g/mol. The fourth-order valence-electron chi connectivity index (χ4n) is 2.69. The number of carboxylic acid groups (broad SMARTS) is 1. The van der Waals surface area contributed by atoms with Crippen LogP contribution >= 0.6 is 15.9 Å². The third kappa shape index (κ3) is 3.92. The largest absolute Gasteiger partial charge is 0.478 e. The number of halogens is 1. The van der Waals surface area contributed by atoms with Gasteiger partial charge in [-0.05, 0) is 36.5 Å². The maximum atomic E-state index is 12.5. The first-order valence-corrected chi connectivity index (χ1v) is 9.03. The summed E-state index contributed by atoms with van der Waals surface area (Å²) in [6, 6.07) is 4.92. The third-order valence-electron chi connectivity index (χ3n) is 3.86. The zero-order chi connectivity index (χ0) is 14.7. The van der Waals surface area contributed by atoms with Gasteiger partial charge in [0.1, 0.15) is 0 Å². The van der Waals surface area contributed by atoms with E-state index in [2.05, 4.69) is 22.9 Å². The van der Waals surface area contributed by atoms with Crippen LogP contribution in [0.5, 0.6) is 0 Å². The highest BCUT2D eigenvalue weighted by Crippen LogP contribution is 2.29. The molecule has 2 rings (SSSR count). The van der Waals surface area contributed by atoms with Crippen molar-refractivity contribution < 1.29 is 14.1 Å². The second-order valence-corrected chi connectivity index (χ2v) is 8.10. The van der Waals surface area contributed by atoms with E-state index >= 15 is 0 Å². The molecule has 5 heteroatoms. The zero-order valence-corrected chi connectivity index (χ0v) is 13.9. The summed E-state index contributed by atoms with van der Waals surface area (Å²) in [7, 11) is -0.883. The van der Waals surface area contributed by atoms with Crippen LogP contribution in [-0.4, -0.2) is 20.5 Å². The number of hydrogen-bond donors (Lipinski definition) is 1. The van der Waals surface area contributed by atoms with E-state index in [0.717, 1.165) is 29.3 Å². The summed E-state index contributed by atoms with van der Waals surface area (Å²) in [5.41, 5.74) is 1.17. The van der Waals surface area contributed by atoms with Crippen LogP contribution in [0.3, 0.4) is 0 Å². The standard InChI is InChI=1S/C15H19BrO3S/c1-10-3-2-4-13(7-10)20(19)9-12-6-5-11(15(17)18)8-14(12)16/h5-6,8,10,13H,2-4,7,9H2,1H3,(H,17,18). The lowest BCUT2D eigenvalue weighted by atomic mass is 9.91. The number of aromatic carboxylic acids is 1. The summed E-state index contributed by atoms with van der Waals surface area (Å²) >= 11 is 3.38. The molecule has 3 nitrogen and oxygen atoms in total. The Morgan fingerprint density at radius 1 is 1.45 bits per heavy atom. The van der Waals surface area contributed by atoms with Crippen LogP contribution in [0.15, 0.2) is 22.7 Å². The van der Waals surface area contributed by atoms with Crippen molar-refractivity contribution in [2.45, 2.75) is 43.6 Å². The summed E-state index contributed by atoms with van der Waals surface area (Å²) < 4.78 is 13.2. The maximum Gasteiger partial charge on any atom is 0.335 e. The molecule has 1 aromatic rings. The maximum absolute atomic E-state index is 12.5. The fraction of sp³-hybridized carbons (Fsp3) is 0.533. The first-order valence-electron chi connectivity index (χ1n) is 6.86. The summed E-state index contributed by atoms with van der Waals surface area (Å²) in [5, 5.41) is 9.22. The number of carboxylic acids is 1. The van der Waals surface area contributed by atoms with Gasteiger partial charge in [0, 0.05) is 26.3 Å². The highest BCUT2D eigenvalue weighted by molar-refractivity contribution is 9.10. The summed E-state index contributed by atoms with van der Waals surface area (Å²) in [4.78, 5) is 10.9. The van der Waals surface area contributed by atoms with Crippen molar-refractivity contribution in [3.05, 3.63) is 33.8 Å². The van der Waals surface area contributed by atoms with Gasteiger partial charge in [-0.15, -0.1) is 0 Å². The van der Waals surface area contributed by atoms with E-state index in [0.29, 0.717) is 11.7 Å². The molecule has 0 amide bonds. The van der Waals surface area contributed by atoms with Gasteiger partial charge >= 0.3 is 5.97 Å². The number of hydrogen-bond acceptors (Lipinski definition) is 2. The summed E-state index contributed by atoms with van der Waals surface area (Å²) in [6.45, 7) is 2.22. The van der Waals surface area contributed by atoms with Gasteiger partial charge in [0.25, 0.3) is 0 Å². The van der Waals surface area contributed by atoms with Crippen molar-refractivity contribution in [3.8, 4) is 0 Å². The molecule has 3 atom stereocenters. The van der Waals surface area contributed by atoms with E-state index in [-0.39, 0.29) is 10.8 Å². The number of rotatable bonds is 4. The lowest BCUT2D eigenvalue weighted by Gasteiger charge is -2.26. The molecule has 0 bridgehead atoms. The normalized spacial score (nSPS) is 24.3. The van der Waals surface area contributed by atoms with Gasteiger partial charge < -0.3 is 5.11 Å². The lowest BCUT2D eigenvalue weighted by Crippen LogP contribution is -2.24. The Morgan fingerprint density at radius 2 is 2.20 bits per heavy atom. The Labute approximate surface area is 130 Å². The van der Waals surface area contributed by atoms with Crippen LogP contribution in [0.1, 0.15) is 48.5 Å². The van der Waals surface area contributed by atoms with Crippen molar-refractivity contribution in [2.24, 2.45) is 5.92 Å². The molecule has 110 valence electrons. The Bertz CT molecular complexity index is 530. The summed E-state index contributed by atoms with van der Waals surface area (Å²) in [5.74, 6) is 0.215. The Hall–Kier alpha value is -0.680. The Kier molecular flexibility index (Phi) is 5.38. The van der Waals surface area contributed by atoms with E-state index in [9.17, 15) is 9.00 Å². The van der Waals surface area contributed by atoms with Crippen molar-refractivity contribution in [1.82, 2.24) is 0 Å². The molecule has 0 saturated heterocycles. The van der Waals surface area contributed by atoms with Gasteiger partial charge in [-0.25, -0.2) is 4.79 Å². The third-order valence-corrected chi connectivity index (χ3v) is 6.36. The number of benzene rings is 1. The van der Waals surface area contributed by atoms with Gasteiger partial charge in [0.2, 0.25) is 0 Å². The minimum absolute atomic E-state index is 0.248. The number of carbonyl (C=O) groups is 1. The summed E-state index contributed by atoms with van der Waals surface area (Å²) in [6.07, 6.45) is 4.49. The topological polar surface area (TPSA) is 54.4 Å². The van der Waals surface area contributed by atoms with E-state index in [1.165, 1.54) is 6.42 Å². The molecule has 0 heterocycles. The molecule has 0 aliphatic heterocycles. The molecule has 1 aliphatic rings. The molecule has 1 N–H and O–H groups in total. The van der Waals surface area contributed by atoms with Crippen LogP contribution in [0, 0.1) is 5.92 Å². The lowest BCUT2D eigenvalue weighted by molar-refractivity contribution is 0.0697. The van der Waals surface area contributed by atoms with Gasteiger partial charge in [0.15, 0.2) is 0 Å². The molecule has 0 aromatic heterocycles. The molecule has 20 heavy (non-hydrogen) atoms. The molecule has 1 aromatic carbocycles. The highest BCUT2D eigenvalue weighted by Gasteiger charge is 2.24. The van der Waals surface area contributed by atoms with Crippen LogP contribution in [0.25, 0.3) is 0 Å². The highest BCUT2D eigenvalue weighted by atomic mass is 79.9. The van der Waals surface area contributed by atoms with Gasteiger partial charge in [-0.1, -0.05) is 41.8 Å². The molecule has 0 spiro atoms. The average Bonchev–Trinajstić information content (AvgIpc) is 2.40. The van der Waals surface area contributed by atoms with E-state index < -0.39 is 16.8 Å². The predicted molar refractivity (Wildman–Crippen MR) is 84.4 cm³/mol. The molecule has 1 saturated carbocycles. The van der Waals surface area contributed by atoms with Crippen LogP contribution in [0.2, 0.25) is 0 Å². The van der Waals surface area contributed by atoms with E-state index in [1.807, 2.05) is 0 Å². The molecular weight excluding hydrogens is 340 g/mol. The molecule has 1 aliphatic carbocycles. The minimum atomic E-state index is -0.945. The second-order valence-electron chi connectivity index (χ2n) is 5.53. The van der Waals surface area contributed by atoms with Crippen molar-refractivity contribution in [3.63, 3.8) is 0 Å². The smallest absolute Gasteiger partial charge is 0.335 e. The van der Waals surface area contributed by atoms with Crippen molar-refractivity contribution in [1.29, 1.82) is 0 Å². The second kappa shape index (κ2) is 6.85. The van der Waals surface area contributed by atoms with Crippen LogP contribution < -0.4 is 0 Å².